The van der Waals surface area contributed by atoms with E-state index in [2.05, 4.69) is 10.1 Å². The van der Waals surface area contributed by atoms with E-state index in [1.807, 2.05) is 6.07 Å². The highest BCUT2D eigenvalue weighted by Crippen LogP contribution is 2.32. The van der Waals surface area contributed by atoms with Gasteiger partial charge in [-0.05, 0) is 43.5 Å². The molecule has 0 amide bonds. The standard InChI is InChI=1S/C14H16F3NO3/c1-13(21-12(19)14(15,16)17)6-5-9-7-10(20-2)3-4-11(9)18-8-13/h3-4,7,18H,5-6,8H2,1-2H3. The van der Waals surface area contributed by atoms with Crippen molar-refractivity contribution >= 4 is 11.7 Å². The van der Waals surface area contributed by atoms with E-state index in [0.717, 1.165) is 11.3 Å². The first-order valence-corrected chi connectivity index (χ1v) is 6.44. The van der Waals surface area contributed by atoms with Gasteiger partial charge >= 0.3 is 12.1 Å². The number of carbonyl (C=O) groups is 1. The van der Waals surface area contributed by atoms with Crippen LogP contribution in [0.2, 0.25) is 0 Å². The summed E-state index contributed by atoms with van der Waals surface area (Å²) in [5, 5.41) is 3.02. The number of halogens is 3. The number of esters is 1. The molecule has 0 bridgehead atoms. The van der Waals surface area contributed by atoms with Crippen molar-refractivity contribution in [3.8, 4) is 5.75 Å². The molecule has 1 aromatic rings. The largest absolute Gasteiger partial charge is 0.497 e. The van der Waals surface area contributed by atoms with E-state index < -0.39 is 17.7 Å². The smallest absolute Gasteiger partial charge is 0.490 e. The highest BCUT2D eigenvalue weighted by Gasteiger charge is 2.45. The molecule has 0 aliphatic carbocycles. The molecule has 0 fully saturated rings. The van der Waals surface area contributed by atoms with E-state index in [-0.39, 0.29) is 6.54 Å². The summed E-state index contributed by atoms with van der Waals surface area (Å²) in [6.45, 7) is 1.61. The summed E-state index contributed by atoms with van der Waals surface area (Å²) in [5.41, 5.74) is 0.516. The van der Waals surface area contributed by atoms with Gasteiger partial charge in [-0.25, -0.2) is 4.79 Å². The molecule has 7 heteroatoms. The molecule has 0 saturated heterocycles. The Balaban J connectivity index is 2.13. The number of alkyl halides is 3. The third-order valence-corrected chi connectivity index (χ3v) is 3.46. The normalized spacial score (nSPS) is 21.8. The molecule has 2 rings (SSSR count). The lowest BCUT2D eigenvalue weighted by atomic mass is 9.98. The van der Waals surface area contributed by atoms with Crippen molar-refractivity contribution < 1.29 is 27.4 Å². The maximum atomic E-state index is 12.3. The van der Waals surface area contributed by atoms with E-state index in [9.17, 15) is 18.0 Å². The lowest BCUT2D eigenvalue weighted by Crippen LogP contribution is -2.42. The fraction of sp³-hybridized carbons (Fsp3) is 0.500. The maximum Gasteiger partial charge on any atom is 0.490 e. The average molecular weight is 303 g/mol. The van der Waals surface area contributed by atoms with E-state index >= 15 is 0 Å². The zero-order valence-electron chi connectivity index (χ0n) is 11.7. The van der Waals surface area contributed by atoms with Crippen molar-refractivity contribution in [2.45, 2.75) is 31.5 Å². The molecule has 1 aliphatic rings. The number of hydrogen-bond donors (Lipinski definition) is 1. The predicted octanol–water partition coefficient (Wildman–Crippen LogP) is 2.92. The minimum absolute atomic E-state index is 0.119. The topological polar surface area (TPSA) is 47.6 Å². The minimum atomic E-state index is -4.98. The van der Waals surface area contributed by atoms with Crippen LogP contribution in [0.1, 0.15) is 18.9 Å². The SMILES string of the molecule is COc1ccc2c(c1)CCC(C)(OC(=O)C(F)(F)F)CN2. The Morgan fingerprint density at radius 3 is 2.71 bits per heavy atom. The zero-order valence-corrected chi connectivity index (χ0v) is 11.7. The molecule has 0 radical (unpaired) electrons. The van der Waals surface area contributed by atoms with Crippen LogP contribution in [0, 0.1) is 0 Å². The van der Waals surface area contributed by atoms with Crippen LogP contribution in [-0.4, -0.2) is 31.4 Å². The molecule has 0 spiro atoms. The number of ether oxygens (including phenoxy) is 2. The number of hydrogen-bond acceptors (Lipinski definition) is 4. The molecule has 1 aromatic carbocycles. The third-order valence-electron chi connectivity index (χ3n) is 3.46. The third kappa shape index (κ3) is 3.59. The van der Waals surface area contributed by atoms with Crippen molar-refractivity contribution in [3.05, 3.63) is 23.8 Å². The van der Waals surface area contributed by atoms with E-state index in [4.69, 9.17) is 4.74 Å². The van der Waals surface area contributed by atoms with Gasteiger partial charge in [0.25, 0.3) is 0 Å². The number of carbonyl (C=O) groups excluding carboxylic acids is 1. The second-order valence-electron chi connectivity index (χ2n) is 5.21. The van der Waals surface area contributed by atoms with Crippen molar-refractivity contribution in [2.24, 2.45) is 0 Å². The van der Waals surface area contributed by atoms with Crippen LogP contribution in [0.15, 0.2) is 18.2 Å². The Hall–Kier alpha value is -1.92. The number of rotatable bonds is 2. The Bertz CT molecular complexity index is 545. The van der Waals surface area contributed by atoms with Crippen LogP contribution in [0.25, 0.3) is 0 Å². The van der Waals surface area contributed by atoms with Gasteiger partial charge in [0, 0.05) is 5.69 Å². The molecular formula is C14H16F3NO3. The fourth-order valence-corrected chi connectivity index (χ4v) is 2.21. The van der Waals surface area contributed by atoms with E-state index in [0.29, 0.717) is 18.6 Å². The summed E-state index contributed by atoms with van der Waals surface area (Å²) < 4.78 is 46.8. The molecule has 1 heterocycles. The number of fused-ring (bicyclic) bond motifs is 1. The van der Waals surface area contributed by atoms with Gasteiger partial charge in [0.2, 0.25) is 0 Å². The monoisotopic (exact) mass is 303 g/mol. The van der Waals surface area contributed by atoms with Crippen molar-refractivity contribution in [3.63, 3.8) is 0 Å². The van der Waals surface area contributed by atoms with Gasteiger partial charge in [0.05, 0.1) is 13.7 Å². The van der Waals surface area contributed by atoms with Crippen LogP contribution in [0.3, 0.4) is 0 Å². The summed E-state index contributed by atoms with van der Waals surface area (Å²) in [7, 11) is 1.54. The van der Waals surface area contributed by atoms with Gasteiger partial charge in [-0.3, -0.25) is 0 Å². The van der Waals surface area contributed by atoms with E-state index in [1.54, 1.807) is 19.2 Å². The van der Waals surface area contributed by atoms with Gasteiger partial charge in [-0.1, -0.05) is 0 Å². The molecule has 1 unspecified atom stereocenters. The van der Waals surface area contributed by atoms with Crippen LogP contribution < -0.4 is 10.1 Å². The highest BCUT2D eigenvalue weighted by molar-refractivity contribution is 5.76. The molecule has 116 valence electrons. The van der Waals surface area contributed by atoms with Gasteiger partial charge in [0.1, 0.15) is 11.4 Å². The summed E-state index contributed by atoms with van der Waals surface area (Å²) in [5.74, 6) is -1.48. The maximum absolute atomic E-state index is 12.3. The lowest BCUT2D eigenvalue weighted by Gasteiger charge is -2.28. The highest BCUT2D eigenvalue weighted by atomic mass is 19.4. The van der Waals surface area contributed by atoms with Gasteiger partial charge in [-0.15, -0.1) is 0 Å². The average Bonchev–Trinajstić information content (AvgIpc) is 2.57. The molecule has 0 saturated carbocycles. The first kappa shape index (κ1) is 15.5. The number of aryl methyl sites for hydroxylation is 1. The molecule has 4 nitrogen and oxygen atoms in total. The number of benzene rings is 1. The summed E-state index contributed by atoms with van der Waals surface area (Å²) >= 11 is 0. The Labute approximate surface area is 120 Å². The van der Waals surface area contributed by atoms with Crippen LogP contribution >= 0.6 is 0 Å². The van der Waals surface area contributed by atoms with Gasteiger partial charge in [0.15, 0.2) is 0 Å². The lowest BCUT2D eigenvalue weighted by molar-refractivity contribution is -0.212. The molecule has 1 atom stereocenters. The summed E-state index contributed by atoms with van der Waals surface area (Å²) in [6.07, 6.45) is -4.20. The summed E-state index contributed by atoms with van der Waals surface area (Å²) in [4.78, 5) is 11.0. The second-order valence-corrected chi connectivity index (χ2v) is 5.21. The fourth-order valence-electron chi connectivity index (χ4n) is 2.21. The number of anilines is 1. The Morgan fingerprint density at radius 2 is 2.10 bits per heavy atom. The Morgan fingerprint density at radius 1 is 1.38 bits per heavy atom. The number of nitrogens with one attached hydrogen (secondary N) is 1. The summed E-state index contributed by atoms with van der Waals surface area (Å²) in [6, 6.07) is 5.38. The first-order valence-electron chi connectivity index (χ1n) is 6.44. The first-order chi connectivity index (χ1) is 9.73. The van der Waals surface area contributed by atoms with Gasteiger partial charge < -0.3 is 14.8 Å². The minimum Gasteiger partial charge on any atom is -0.497 e. The molecule has 21 heavy (non-hydrogen) atoms. The van der Waals surface area contributed by atoms with Crippen LogP contribution in [0.5, 0.6) is 5.75 Å². The van der Waals surface area contributed by atoms with Crippen molar-refractivity contribution in [1.82, 2.24) is 0 Å². The molecule has 1 N–H and O–H groups in total. The van der Waals surface area contributed by atoms with Crippen molar-refractivity contribution in [2.75, 3.05) is 19.0 Å². The van der Waals surface area contributed by atoms with Crippen molar-refractivity contribution in [1.29, 1.82) is 0 Å². The molecule has 1 aliphatic heterocycles. The second kappa shape index (κ2) is 5.46. The Kier molecular flexibility index (Phi) is 4.02. The predicted molar refractivity (Wildman–Crippen MR) is 70.4 cm³/mol. The number of methoxy groups -OCH3 is 1. The van der Waals surface area contributed by atoms with E-state index in [1.165, 1.54) is 6.92 Å². The van der Waals surface area contributed by atoms with Crippen LogP contribution in [0.4, 0.5) is 18.9 Å². The molecular weight excluding hydrogens is 287 g/mol. The molecule has 0 aromatic heterocycles. The van der Waals surface area contributed by atoms with Crippen LogP contribution in [-0.2, 0) is 16.0 Å². The van der Waals surface area contributed by atoms with Gasteiger partial charge in [-0.2, -0.15) is 13.2 Å². The quantitative estimate of drug-likeness (QED) is 0.853. The zero-order chi connectivity index (χ0) is 15.7.